The number of hydrogen-bond acceptors (Lipinski definition) is 5. The lowest BCUT2D eigenvalue weighted by Crippen LogP contribution is -2.49. The normalized spacial score (nSPS) is 15.2. The maximum atomic E-state index is 13.6. The van der Waals surface area contributed by atoms with Gasteiger partial charge in [0.25, 0.3) is 0 Å². The second-order valence-electron chi connectivity index (χ2n) is 7.49. The number of carbonyl (C=O) groups is 1. The van der Waals surface area contributed by atoms with E-state index in [1.165, 1.54) is 12.1 Å². The fourth-order valence-corrected chi connectivity index (χ4v) is 3.70. The molecule has 0 atom stereocenters. The van der Waals surface area contributed by atoms with Gasteiger partial charge in [0.05, 0.1) is 20.3 Å². The molecule has 0 bridgehead atoms. The zero-order valence-electron chi connectivity index (χ0n) is 17.7. The molecular weight excluding hydrogens is 385 g/mol. The monoisotopic (exact) mass is 415 g/mol. The maximum Gasteiger partial charge on any atom is 0.234 e. The second-order valence-corrected chi connectivity index (χ2v) is 7.49. The Kier molecular flexibility index (Phi) is 8.19. The molecule has 1 heterocycles. The summed E-state index contributed by atoms with van der Waals surface area (Å²) in [5.41, 5.74) is 3.00. The minimum atomic E-state index is -0.256. The molecule has 2 aromatic carbocycles. The maximum absolute atomic E-state index is 13.6. The van der Waals surface area contributed by atoms with Crippen LogP contribution in [0.2, 0.25) is 0 Å². The van der Waals surface area contributed by atoms with Crippen LogP contribution in [0.25, 0.3) is 0 Å². The lowest BCUT2D eigenvalue weighted by atomic mass is 10.1. The number of piperazine rings is 1. The number of nitrogens with one attached hydrogen (secondary N) is 1. The third-order valence-corrected chi connectivity index (χ3v) is 5.36. The van der Waals surface area contributed by atoms with Gasteiger partial charge in [-0.3, -0.25) is 14.6 Å². The molecule has 0 aliphatic carbocycles. The van der Waals surface area contributed by atoms with Gasteiger partial charge in [-0.2, -0.15) is 0 Å². The number of hydrogen-bond donors (Lipinski definition) is 1. The number of methoxy groups -OCH3 is 2. The van der Waals surface area contributed by atoms with Gasteiger partial charge in [-0.1, -0.05) is 24.3 Å². The van der Waals surface area contributed by atoms with Gasteiger partial charge in [0.15, 0.2) is 0 Å². The lowest BCUT2D eigenvalue weighted by molar-refractivity contribution is -0.122. The van der Waals surface area contributed by atoms with E-state index in [0.29, 0.717) is 32.0 Å². The highest BCUT2D eigenvalue weighted by Crippen LogP contribution is 2.21. The van der Waals surface area contributed by atoms with Crippen LogP contribution in [0.1, 0.15) is 16.7 Å². The molecule has 162 valence electrons. The topological polar surface area (TPSA) is 54.0 Å². The Hall–Kier alpha value is -2.48. The number of nitrogens with zero attached hydrogens (tertiary/aromatic N) is 2. The summed E-state index contributed by atoms with van der Waals surface area (Å²) in [6, 6.07) is 12.6. The summed E-state index contributed by atoms with van der Waals surface area (Å²) < 4.78 is 24.1. The average molecular weight is 416 g/mol. The van der Waals surface area contributed by atoms with Crippen molar-refractivity contribution in [3.05, 3.63) is 65.0 Å². The Balaban J connectivity index is 1.43. The van der Waals surface area contributed by atoms with Gasteiger partial charge in [-0.15, -0.1) is 0 Å². The molecule has 1 amide bonds. The van der Waals surface area contributed by atoms with Crippen LogP contribution in [0.15, 0.2) is 42.5 Å². The fourth-order valence-electron chi connectivity index (χ4n) is 3.70. The molecule has 0 radical (unpaired) electrons. The molecule has 1 aliphatic heterocycles. The van der Waals surface area contributed by atoms with Crippen LogP contribution in [-0.2, 0) is 29.2 Å². The van der Waals surface area contributed by atoms with Gasteiger partial charge < -0.3 is 14.8 Å². The third kappa shape index (κ3) is 6.26. The van der Waals surface area contributed by atoms with Crippen molar-refractivity contribution in [1.82, 2.24) is 15.1 Å². The molecule has 0 aromatic heterocycles. The minimum Gasteiger partial charge on any atom is -0.496 e. The SMILES string of the molecule is COCc1ccccc1CNC(=O)CN1CCN(Cc2cc(F)ccc2OC)CC1. The molecule has 1 N–H and O–H groups in total. The van der Waals surface area contributed by atoms with Crippen LogP contribution >= 0.6 is 0 Å². The summed E-state index contributed by atoms with van der Waals surface area (Å²) in [6.45, 7) is 5.28. The van der Waals surface area contributed by atoms with Gasteiger partial charge in [-0.25, -0.2) is 4.39 Å². The molecule has 6 nitrogen and oxygen atoms in total. The van der Waals surface area contributed by atoms with E-state index in [9.17, 15) is 9.18 Å². The molecule has 3 rings (SSSR count). The first-order chi connectivity index (χ1) is 14.6. The predicted octanol–water partition coefficient (Wildman–Crippen LogP) is 2.41. The highest BCUT2D eigenvalue weighted by molar-refractivity contribution is 5.78. The van der Waals surface area contributed by atoms with E-state index in [4.69, 9.17) is 9.47 Å². The van der Waals surface area contributed by atoms with Crippen molar-refractivity contribution in [1.29, 1.82) is 0 Å². The third-order valence-electron chi connectivity index (χ3n) is 5.36. The fraction of sp³-hybridized carbons (Fsp3) is 0.435. The lowest BCUT2D eigenvalue weighted by Gasteiger charge is -2.34. The summed E-state index contributed by atoms with van der Waals surface area (Å²) in [7, 11) is 3.26. The van der Waals surface area contributed by atoms with Crippen molar-refractivity contribution in [2.45, 2.75) is 19.7 Å². The van der Waals surface area contributed by atoms with E-state index in [2.05, 4.69) is 15.1 Å². The van der Waals surface area contributed by atoms with Crippen molar-refractivity contribution in [3.63, 3.8) is 0 Å². The zero-order chi connectivity index (χ0) is 21.3. The number of halogens is 1. The molecule has 0 saturated carbocycles. The van der Waals surface area contributed by atoms with Gasteiger partial charge >= 0.3 is 0 Å². The van der Waals surface area contributed by atoms with Crippen molar-refractivity contribution < 1.29 is 18.7 Å². The Bertz CT molecular complexity index is 838. The first-order valence-electron chi connectivity index (χ1n) is 10.2. The molecule has 30 heavy (non-hydrogen) atoms. The summed E-state index contributed by atoms with van der Waals surface area (Å²) in [4.78, 5) is 16.8. The summed E-state index contributed by atoms with van der Waals surface area (Å²) in [6.07, 6.45) is 0. The van der Waals surface area contributed by atoms with Crippen molar-refractivity contribution in [3.8, 4) is 5.75 Å². The molecule has 2 aromatic rings. The average Bonchev–Trinajstić information content (AvgIpc) is 2.75. The predicted molar refractivity (Wildman–Crippen MR) is 114 cm³/mol. The zero-order valence-corrected chi connectivity index (χ0v) is 17.7. The van der Waals surface area contributed by atoms with Crippen LogP contribution < -0.4 is 10.1 Å². The van der Waals surface area contributed by atoms with Crippen LogP contribution in [-0.4, -0.2) is 62.7 Å². The molecule has 1 aliphatic rings. The van der Waals surface area contributed by atoms with E-state index in [0.717, 1.165) is 42.9 Å². The van der Waals surface area contributed by atoms with Crippen LogP contribution in [0, 0.1) is 5.82 Å². The first-order valence-corrected chi connectivity index (χ1v) is 10.2. The van der Waals surface area contributed by atoms with E-state index in [1.807, 2.05) is 24.3 Å². The van der Waals surface area contributed by atoms with Crippen LogP contribution in [0.3, 0.4) is 0 Å². The molecule has 1 saturated heterocycles. The summed E-state index contributed by atoms with van der Waals surface area (Å²) >= 11 is 0. The van der Waals surface area contributed by atoms with Gasteiger partial charge in [0.2, 0.25) is 5.91 Å². The van der Waals surface area contributed by atoms with Crippen molar-refractivity contribution >= 4 is 5.91 Å². The highest BCUT2D eigenvalue weighted by Gasteiger charge is 2.20. The Morgan fingerprint density at radius 1 is 1.00 bits per heavy atom. The summed E-state index contributed by atoms with van der Waals surface area (Å²) in [5, 5.41) is 3.01. The molecular formula is C23H30FN3O3. The standard InChI is InChI=1S/C23H30FN3O3/c1-29-17-19-6-4-3-5-18(19)14-25-23(28)16-27-11-9-26(10-12-27)15-20-13-21(24)7-8-22(20)30-2/h3-8,13H,9-12,14-17H2,1-2H3,(H,25,28). The van der Waals surface area contributed by atoms with E-state index < -0.39 is 0 Å². The quantitative estimate of drug-likeness (QED) is 0.682. The van der Waals surface area contributed by atoms with E-state index >= 15 is 0 Å². The minimum absolute atomic E-state index is 0.0162. The number of benzene rings is 2. The second kappa shape index (κ2) is 11.1. The molecule has 1 fully saturated rings. The van der Waals surface area contributed by atoms with E-state index in [-0.39, 0.29) is 11.7 Å². The molecule has 7 heteroatoms. The Morgan fingerprint density at radius 2 is 1.70 bits per heavy atom. The Morgan fingerprint density at radius 3 is 2.40 bits per heavy atom. The van der Waals surface area contributed by atoms with Gasteiger partial charge in [0, 0.05) is 51.9 Å². The van der Waals surface area contributed by atoms with E-state index in [1.54, 1.807) is 20.3 Å². The Labute approximate surface area is 177 Å². The largest absolute Gasteiger partial charge is 0.496 e. The first kappa shape index (κ1) is 22.2. The van der Waals surface area contributed by atoms with Gasteiger partial charge in [0.1, 0.15) is 11.6 Å². The van der Waals surface area contributed by atoms with Crippen molar-refractivity contribution in [2.75, 3.05) is 46.9 Å². The van der Waals surface area contributed by atoms with Gasteiger partial charge in [-0.05, 0) is 29.3 Å². The smallest absolute Gasteiger partial charge is 0.234 e. The molecule has 0 spiro atoms. The number of carbonyl (C=O) groups excluding carboxylic acids is 1. The highest BCUT2D eigenvalue weighted by atomic mass is 19.1. The van der Waals surface area contributed by atoms with Crippen LogP contribution in [0.5, 0.6) is 5.75 Å². The number of amides is 1. The van der Waals surface area contributed by atoms with Crippen LogP contribution in [0.4, 0.5) is 4.39 Å². The number of rotatable bonds is 9. The molecule has 0 unspecified atom stereocenters. The number of ether oxygens (including phenoxy) is 2. The van der Waals surface area contributed by atoms with Crippen molar-refractivity contribution in [2.24, 2.45) is 0 Å². The summed E-state index contributed by atoms with van der Waals surface area (Å²) in [5.74, 6) is 0.461.